The number of carbonyl (C=O) groups is 2. The summed E-state index contributed by atoms with van der Waals surface area (Å²) < 4.78 is 10.5. The zero-order valence-electron chi connectivity index (χ0n) is 24.7. The minimum atomic E-state index is -0.532. The zero-order valence-corrected chi connectivity index (χ0v) is 24.7. The topological polar surface area (TPSA) is 120 Å². The lowest BCUT2D eigenvalue weighted by Crippen LogP contribution is -2.27. The van der Waals surface area contributed by atoms with Gasteiger partial charge in [0.05, 0.1) is 24.5 Å². The molecule has 2 amide bonds. The molecule has 0 spiro atoms. The molecule has 0 radical (unpaired) electrons. The van der Waals surface area contributed by atoms with E-state index in [4.69, 9.17) is 19.1 Å². The van der Waals surface area contributed by atoms with Crippen LogP contribution in [-0.2, 0) is 32.4 Å². The molecule has 4 aromatic carbocycles. The van der Waals surface area contributed by atoms with Crippen LogP contribution in [0.25, 0.3) is 11.1 Å². The molecule has 0 bridgehead atoms. The number of nitrogens with one attached hydrogen (secondary N) is 2. The lowest BCUT2D eigenvalue weighted by Gasteiger charge is -2.09. The fourth-order valence-electron chi connectivity index (χ4n) is 4.64. The lowest BCUT2D eigenvalue weighted by atomic mass is 9.96. The van der Waals surface area contributed by atoms with Gasteiger partial charge in [-0.05, 0) is 22.3 Å². The van der Waals surface area contributed by atoms with E-state index in [1.807, 2.05) is 109 Å². The first-order valence-electron chi connectivity index (χ1n) is 14.6. The average Bonchev–Trinajstić information content (AvgIpc) is 3.22. The smallest absolute Gasteiger partial charge is 0.407 e. The molecule has 0 unspecified atom stereocenters. The molecular weight excluding hydrogens is 572 g/mol. The lowest BCUT2D eigenvalue weighted by molar-refractivity contribution is 0.122. The van der Waals surface area contributed by atoms with E-state index in [0.29, 0.717) is 17.8 Å². The molecule has 1 aliphatic rings. The molecule has 1 aliphatic carbocycles. The molecule has 45 heavy (non-hydrogen) atoms. The Balaban J connectivity index is 1.16. The van der Waals surface area contributed by atoms with Crippen molar-refractivity contribution in [1.29, 1.82) is 0 Å². The Morgan fingerprint density at radius 2 is 0.911 bits per heavy atom. The third kappa shape index (κ3) is 9.17. The number of carbonyl (C=O) groups excluding carboxylic acids is 2. The molecule has 10 nitrogen and oxygen atoms in total. The van der Waals surface area contributed by atoms with Crippen LogP contribution in [0.2, 0.25) is 0 Å². The summed E-state index contributed by atoms with van der Waals surface area (Å²) in [4.78, 5) is 35.4. The Morgan fingerprint density at radius 3 is 1.33 bits per heavy atom. The summed E-state index contributed by atoms with van der Waals surface area (Å²) in [5, 5.41) is 14.2. The summed E-state index contributed by atoms with van der Waals surface area (Å²) >= 11 is 0. The van der Waals surface area contributed by atoms with Gasteiger partial charge in [-0.3, -0.25) is 0 Å². The quantitative estimate of drug-likeness (QED) is 0.150. The standard InChI is InChI=1S/C35H34N4O6/c40-34(42-24-26-11-3-1-4-12-26)36-19-21-44-38-32-23-33(31-18-10-8-16-29(31)28-15-7-9-17-30(28)32)39-45-22-20-37-35(41)43-25-27-13-5-2-6-14-27/h1-18H,19-25H2,(H,36,40)(H,37,41). The highest BCUT2D eigenvalue weighted by Crippen LogP contribution is 2.33. The average molecular weight is 607 g/mol. The maximum atomic E-state index is 12.1. The van der Waals surface area contributed by atoms with Gasteiger partial charge < -0.3 is 29.8 Å². The number of nitrogens with zero attached hydrogens (tertiary/aromatic N) is 2. The normalized spacial score (nSPS) is 13.6. The Hall–Kier alpha value is -5.64. The molecule has 0 atom stereocenters. The molecule has 0 aromatic heterocycles. The van der Waals surface area contributed by atoms with Crippen LogP contribution in [0, 0.1) is 0 Å². The van der Waals surface area contributed by atoms with Crippen LogP contribution in [-0.4, -0.2) is 49.9 Å². The third-order valence-electron chi connectivity index (χ3n) is 6.80. The minimum absolute atomic E-state index is 0.147. The number of rotatable bonds is 12. The van der Waals surface area contributed by atoms with E-state index >= 15 is 0 Å². The molecule has 5 rings (SSSR count). The molecule has 0 saturated carbocycles. The van der Waals surface area contributed by atoms with Gasteiger partial charge in [0.2, 0.25) is 0 Å². The Morgan fingerprint density at radius 1 is 0.533 bits per heavy atom. The molecular formula is C35H34N4O6. The second-order valence-corrected chi connectivity index (χ2v) is 9.99. The molecule has 10 heteroatoms. The largest absolute Gasteiger partial charge is 0.445 e. The maximum absolute atomic E-state index is 12.1. The van der Waals surface area contributed by atoms with Gasteiger partial charge in [-0.1, -0.05) is 120 Å². The molecule has 0 fully saturated rings. The van der Waals surface area contributed by atoms with Crippen LogP contribution in [0.15, 0.2) is 120 Å². The van der Waals surface area contributed by atoms with Crippen molar-refractivity contribution < 1.29 is 28.7 Å². The maximum Gasteiger partial charge on any atom is 0.407 e. The number of oxime groups is 2. The summed E-state index contributed by atoms with van der Waals surface area (Å²) in [5.41, 5.74) is 6.94. The van der Waals surface area contributed by atoms with Crippen molar-refractivity contribution in [3.05, 3.63) is 131 Å². The molecule has 0 saturated heterocycles. The number of amides is 2. The van der Waals surface area contributed by atoms with Gasteiger partial charge in [-0.2, -0.15) is 0 Å². The van der Waals surface area contributed by atoms with Gasteiger partial charge in [0.1, 0.15) is 26.4 Å². The Labute approximate surface area is 261 Å². The van der Waals surface area contributed by atoms with Crippen LogP contribution in [0.1, 0.15) is 28.7 Å². The van der Waals surface area contributed by atoms with Crippen LogP contribution in [0.4, 0.5) is 9.59 Å². The fraction of sp³-hybridized carbons (Fsp3) is 0.200. The molecule has 0 aliphatic heterocycles. The van der Waals surface area contributed by atoms with Crippen molar-refractivity contribution in [1.82, 2.24) is 10.6 Å². The molecule has 4 aromatic rings. The van der Waals surface area contributed by atoms with Crippen molar-refractivity contribution in [2.24, 2.45) is 10.3 Å². The van der Waals surface area contributed by atoms with Crippen molar-refractivity contribution in [2.75, 3.05) is 26.3 Å². The molecule has 2 N–H and O–H groups in total. The van der Waals surface area contributed by atoms with Gasteiger partial charge in [-0.15, -0.1) is 0 Å². The van der Waals surface area contributed by atoms with E-state index in [1.165, 1.54) is 0 Å². The highest BCUT2D eigenvalue weighted by molar-refractivity contribution is 6.24. The Bertz CT molecular complexity index is 1500. The van der Waals surface area contributed by atoms with Crippen LogP contribution in [0.5, 0.6) is 0 Å². The van der Waals surface area contributed by atoms with E-state index in [-0.39, 0.29) is 39.5 Å². The van der Waals surface area contributed by atoms with Gasteiger partial charge >= 0.3 is 12.2 Å². The van der Waals surface area contributed by atoms with Crippen molar-refractivity contribution in [3.8, 4) is 11.1 Å². The number of hydrogen-bond acceptors (Lipinski definition) is 8. The predicted molar refractivity (Wildman–Crippen MR) is 171 cm³/mol. The van der Waals surface area contributed by atoms with E-state index in [2.05, 4.69) is 20.9 Å². The Kier molecular flexibility index (Phi) is 11.1. The van der Waals surface area contributed by atoms with Crippen molar-refractivity contribution in [3.63, 3.8) is 0 Å². The van der Waals surface area contributed by atoms with Crippen LogP contribution < -0.4 is 10.6 Å². The first-order chi connectivity index (χ1) is 22.2. The predicted octanol–water partition coefficient (Wildman–Crippen LogP) is 6.05. The fourth-order valence-corrected chi connectivity index (χ4v) is 4.64. The summed E-state index contributed by atoms with van der Waals surface area (Å²) in [6, 6.07) is 34.8. The second-order valence-electron chi connectivity index (χ2n) is 9.99. The summed E-state index contributed by atoms with van der Waals surface area (Å²) in [5.74, 6) is 0. The number of alkyl carbamates (subject to hydrolysis) is 2. The number of ether oxygens (including phenoxy) is 2. The van der Waals surface area contributed by atoms with Gasteiger partial charge in [0, 0.05) is 17.5 Å². The highest BCUT2D eigenvalue weighted by Gasteiger charge is 2.24. The summed E-state index contributed by atoms with van der Waals surface area (Å²) in [6.07, 6.45) is -0.723. The van der Waals surface area contributed by atoms with E-state index < -0.39 is 12.2 Å². The van der Waals surface area contributed by atoms with Crippen LogP contribution >= 0.6 is 0 Å². The third-order valence-corrected chi connectivity index (χ3v) is 6.80. The monoisotopic (exact) mass is 606 g/mol. The SMILES string of the molecule is O=C(NCCON=C1CC(=NOCCNC(=O)OCc2ccccc2)c2ccccc2-c2ccccc21)OCc1ccccc1. The highest BCUT2D eigenvalue weighted by atomic mass is 16.6. The number of fused-ring (bicyclic) bond motifs is 3. The number of hydrogen-bond donors (Lipinski definition) is 2. The van der Waals surface area contributed by atoms with Crippen molar-refractivity contribution in [2.45, 2.75) is 19.6 Å². The van der Waals surface area contributed by atoms with Crippen LogP contribution in [0.3, 0.4) is 0 Å². The van der Waals surface area contributed by atoms with Gasteiger partial charge in [0.25, 0.3) is 0 Å². The second kappa shape index (κ2) is 16.3. The zero-order chi connectivity index (χ0) is 31.1. The first-order valence-corrected chi connectivity index (χ1v) is 14.6. The van der Waals surface area contributed by atoms with Gasteiger partial charge in [-0.25, -0.2) is 9.59 Å². The molecule has 0 heterocycles. The molecule has 230 valence electrons. The minimum Gasteiger partial charge on any atom is -0.445 e. The van der Waals surface area contributed by atoms with E-state index in [1.54, 1.807) is 0 Å². The first kappa shape index (κ1) is 30.8. The van der Waals surface area contributed by atoms with E-state index in [0.717, 1.165) is 33.4 Å². The number of benzene rings is 4. The summed E-state index contributed by atoms with van der Waals surface area (Å²) in [6.45, 7) is 1.11. The van der Waals surface area contributed by atoms with Crippen molar-refractivity contribution >= 4 is 23.6 Å². The van der Waals surface area contributed by atoms with Gasteiger partial charge in [0.15, 0.2) is 0 Å². The van der Waals surface area contributed by atoms with E-state index in [9.17, 15) is 9.59 Å². The summed E-state index contributed by atoms with van der Waals surface area (Å²) in [7, 11) is 0.